The van der Waals surface area contributed by atoms with Crippen LogP contribution in [-0.2, 0) is 52.4 Å². The summed E-state index contributed by atoms with van der Waals surface area (Å²) in [5.41, 5.74) is -5.57. The fourth-order valence-electron chi connectivity index (χ4n) is 13.3. The van der Waals surface area contributed by atoms with Crippen LogP contribution < -0.4 is 0 Å². The molecular formula is C34H44O13. The van der Waals surface area contributed by atoms with E-state index in [-0.39, 0.29) is 12.0 Å². The normalized spacial score (nSPS) is 60.6. The second kappa shape index (κ2) is 9.13. The van der Waals surface area contributed by atoms with E-state index < -0.39 is 129 Å². The summed E-state index contributed by atoms with van der Waals surface area (Å²) in [6.07, 6.45) is -5.14. The summed E-state index contributed by atoms with van der Waals surface area (Å²) in [5.74, 6) is -8.78. The maximum Gasteiger partial charge on any atom is 0.341 e. The number of hydrogen-bond donors (Lipinski definition) is 2. The smallest absolute Gasteiger partial charge is 0.341 e. The Kier molecular flexibility index (Phi) is 6.15. The van der Waals surface area contributed by atoms with Crippen molar-refractivity contribution in [3.8, 4) is 0 Å². The number of Topliss-reactive ketones (excluding diaryl/α,β-unsaturated/α-hetero) is 1. The highest BCUT2D eigenvalue weighted by atomic mass is 16.8. The highest BCUT2D eigenvalue weighted by Gasteiger charge is 2.93. The van der Waals surface area contributed by atoms with Crippen molar-refractivity contribution >= 4 is 30.2 Å². The van der Waals surface area contributed by atoms with Gasteiger partial charge >= 0.3 is 17.9 Å². The minimum atomic E-state index is -2.05. The van der Waals surface area contributed by atoms with Crippen LogP contribution in [0.1, 0.15) is 61.8 Å². The highest BCUT2D eigenvalue weighted by Crippen LogP contribution is 2.81. The molecule has 0 aromatic carbocycles. The van der Waals surface area contributed by atoms with Crippen LogP contribution in [0, 0.1) is 63.6 Å². The number of aliphatic hydroxyl groups excluding tert-OH is 1. The van der Waals surface area contributed by atoms with Crippen LogP contribution in [0.2, 0.25) is 0 Å². The fourth-order valence-corrected chi connectivity index (χ4v) is 13.3. The number of ether oxygens (including phenoxy) is 6. The number of fused-ring (bicyclic) bond motifs is 9. The topological polar surface area (TPSA) is 188 Å². The molecule has 1 spiro atoms. The summed E-state index contributed by atoms with van der Waals surface area (Å²) >= 11 is 0. The maximum absolute atomic E-state index is 14.4. The third kappa shape index (κ3) is 3.29. The van der Waals surface area contributed by atoms with E-state index >= 15 is 0 Å². The van der Waals surface area contributed by atoms with E-state index in [0.29, 0.717) is 12.9 Å². The molecule has 0 aromatic rings. The zero-order valence-electron chi connectivity index (χ0n) is 27.8. The molecule has 0 aromatic heterocycles. The molecule has 3 saturated heterocycles. The number of rotatable bonds is 4. The van der Waals surface area contributed by atoms with Crippen LogP contribution in [0.3, 0.4) is 0 Å². The van der Waals surface area contributed by atoms with Crippen molar-refractivity contribution < 1.29 is 62.6 Å². The number of epoxide rings is 2. The molecule has 20 atom stereocenters. The quantitative estimate of drug-likeness (QED) is 0.188. The van der Waals surface area contributed by atoms with Crippen LogP contribution in [0.15, 0.2) is 0 Å². The average Bonchev–Trinajstić information content (AvgIpc) is 3.88. The van der Waals surface area contributed by atoms with Crippen molar-refractivity contribution in [1.29, 1.82) is 0 Å². The van der Waals surface area contributed by atoms with Gasteiger partial charge in [-0.15, -0.1) is 0 Å². The molecular weight excluding hydrogens is 616 g/mol. The van der Waals surface area contributed by atoms with E-state index in [9.17, 15) is 34.2 Å². The summed E-state index contributed by atoms with van der Waals surface area (Å²) in [7, 11) is 0. The van der Waals surface area contributed by atoms with Gasteiger partial charge < -0.3 is 38.6 Å². The first-order chi connectivity index (χ1) is 21.9. The van der Waals surface area contributed by atoms with Crippen molar-refractivity contribution in [3.63, 3.8) is 0 Å². The van der Waals surface area contributed by atoms with E-state index in [1.165, 1.54) is 20.8 Å². The SMILES string of the molecule is CC(=O)O[C@H]1[C@@H](C)[C@H]2[C@H]([C@@H]3[C@@H](OC=O)[C@@H]4[C@H]([C@H](C)[C@H]5O[C@]56OC(=O)[C@@](C)(O)[C@]46C)[C@]31C)[C@@H](O)C(=O)[C@H]1C[C@@H]3O[C@@H]3[C@H](OC(C)=O)[C@]21C. The van der Waals surface area contributed by atoms with Crippen LogP contribution >= 0.6 is 0 Å². The molecule has 0 unspecified atom stereocenters. The Labute approximate surface area is 272 Å². The van der Waals surface area contributed by atoms with Gasteiger partial charge in [0.25, 0.3) is 6.47 Å². The Morgan fingerprint density at radius 3 is 2.17 bits per heavy atom. The lowest BCUT2D eigenvalue weighted by Gasteiger charge is -2.65. The lowest BCUT2D eigenvalue weighted by atomic mass is 9.39. The molecule has 47 heavy (non-hydrogen) atoms. The summed E-state index contributed by atoms with van der Waals surface area (Å²) in [6.45, 7) is 13.8. The Hall–Kier alpha value is -2.61. The lowest BCUT2D eigenvalue weighted by Crippen LogP contribution is -2.72. The Morgan fingerprint density at radius 2 is 1.55 bits per heavy atom. The molecule has 0 bridgehead atoms. The van der Waals surface area contributed by atoms with Crippen molar-refractivity contribution in [2.75, 3.05) is 0 Å². The lowest BCUT2D eigenvalue weighted by molar-refractivity contribution is -0.253. The van der Waals surface area contributed by atoms with Crippen LogP contribution in [-0.4, -0.2) is 94.5 Å². The molecule has 13 heteroatoms. The van der Waals surface area contributed by atoms with Gasteiger partial charge in [-0.2, -0.15) is 0 Å². The van der Waals surface area contributed by atoms with Gasteiger partial charge in [-0.3, -0.25) is 19.2 Å². The monoisotopic (exact) mass is 660 g/mol. The zero-order valence-corrected chi connectivity index (χ0v) is 27.8. The van der Waals surface area contributed by atoms with Gasteiger partial charge in [-0.25, -0.2) is 4.79 Å². The molecule has 2 N–H and O–H groups in total. The van der Waals surface area contributed by atoms with Crippen molar-refractivity contribution in [1.82, 2.24) is 0 Å². The Bertz CT molecular complexity index is 1490. The second-order valence-electron chi connectivity index (χ2n) is 16.5. The summed E-state index contributed by atoms with van der Waals surface area (Å²) in [5, 5.41) is 24.1. The van der Waals surface area contributed by atoms with Gasteiger partial charge in [0.1, 0.15) is 36.6 Å². The number of esters is 3. The minimum absolute atomic E-state index is 0.287. The standard InChI is InChI=1S/C34H44O13/c1-11-18-17(23(39)22(38)15-9-16-24(45-16)28(30(15,18)5)44-14(4)37)20-25(42-10-35)21-19(31(20,6)26(11)43-13(3)36)12(2)27-34(46-27)32(21,7)33(8,41)29(40)47-34/h10-12,15-21,23-28,39,41H,9H2,1-8H3/t11-,12-,15+,16-,17+,18-,19-,20+,21-,23+,24-,25+,26-,27+,28-,30-,31+,32-,33+,34-/m0/s1. The largest absolute Gasteiger partial charge is 0.464 e. The average molecular weight is 661 g/mol. The third-order valence-corrected chi connectivity index (χ3v) is 15.0. The number of hydrogen-bond acceptors (Lipinski definition) is 13. The van der Waals surface area contributed by atoms with Gasteiger partial charge in [0.05, 0.1) is 11.5 Å². The number of ketones is 1. The molecule has 258 valence electrons. The molecule has 0 radical (unpaired) electrons. The summed E-state index contributed by atoms with van der Waals surface area (Å²) in [4.78, 5) is 65.7. The summed E-state index contributed by atoms with van der Waals surface area (Å²) in [6, 6.07) is 0. The predicted molar refractivity (Wildman–Crippen MR) is 154 cm³/mol. The Morgan fingerprint density at radius 1 is 0.915 bits per heavy atom. The van der Waals surface area contributed by atoms with Crippen LogP contribution in [0.4, 0.5) is 0 Å². The molecule has 8 rings (SSSR count). The van der Waals surface area contributed by atoms with Gasteiger partial charge in [0.2, 0.25) is 5.79 Å². The predicted octanol–water partition coefficient (Wildman–Crippen LogP) is 0.938. The van der Waals surface area contributed by atoms with E-state index in [1.807, 2.05) is 27.7 Å². The van der Waals surface area contributed by atoms with E-state index in [1.54, 1.807) is 6.92 Å². The van der Waals surface area contributed by atoms with Crippen molar-refractivity contribution in [3.05, 3.63) is 0 Å². The maximum atomic E-state index is 14.4. The molecule has 5 saturated carbocycles. The van der Waals surface area contributed by atoms with E-state index in [2.05, 4.69) is 0 Å². The number of carbonyl (C=O) groups is 5. The van der Waals surface area contributed by atoms with Crippen molar-refractivity contribution in [2.45, 2.75) is 116 Å². The first kappa shape index (κ1) is 31.6. The van der Waals surface area contributed by atoms with Gasteiger partial charge in [-0.05, 0) is 43.9 Å². The first-order valence-corrected chi connectivity index (χ1v) is 16.8. The number of carbonyl (C=O) groups excluding carboxylic acids is 5. The molecule has 3 heterocycles. The molecule has 5 aliphatic carbocycles. The molecule has 13 nitrogen and oxygen atoms in total. The summed E-state index contributed by atoms with van der Waals surface area (Å²) < 4.78 is 36.3. The van der Waals surface area contributed by atoms with Gasteiger partial charge in [0.15, 0.2) is 11.4 Å². The number of aliphatic hydroxyl groups is 2. The van der Waals surface area contributed by atoms with Crippen LogP contribution in [0.25, 0.3) is 0 Å². The van der Waals surface area contributed by atoms with Gasteiger partial charge in [0, 0.05) is 48.3 Å². The molecule has 0 amide bonds. The Balaban J connectivity index is 1.37. The third-order valence-electron chi connectivity index (χ3n) is 15.0. The minimum Gasteiger partial charge on any atom is -0.464 e. The second-order valence-corrected chi connectivity index (χ2v) is 16.5. The van der Waals surface area contributed by atoms with Crippen LogP contribution in [0.5, 0.6) is 0 Å². The zero-order chi connectivity index (χ0) is 34.1. The van der Waals surface area contributed by atoms with Crippen molar-refractivity contribution in [2.24, 2.45) is 63.6 Å². The van der Waals surface area contributed by atoms with E-state index in [4.69, 9.17) is 28.4 Å². The first-order valence-electron chi connectivity index (χ1n) is 16.8. The molecule has 8 fully saturated rings. The van der Waals surface area contributed by atoms with Gasteiger partial charge in [-0.1, -0.05) is 27.7 Å². The molecule has 8 aliphatic rings. The fraction of sp³-hybridized carbons (Fsp3) is 0.853. The van der Waals surface area contributed by atoms with E-state index in [0.717, 1.165) is 0 Å². The highest BCUT2D eigenvalue weighted by molar-refractivity contribution is 5.88. The molecule has 3 aliphatic heterocycles.